The molecule has 28 heavy (non-hydrogen) atoms. The standard InChI is InChI=1S/C21H28FN3O2Si/c1-28(2,3)13-12-27-14-24-11-10-23-21(24)20(26)19-7-6-16(22)18-9-8-17(25(18)19)15-4-5-15/h6-11,15,20,26H,4-5,12-14H2,1-3H3. The molecular weight excluding hydrogens is 373 g/mol. The summed E-state index contributed by atoms with van der Waals surface area (Å²) in [6, 6.07) is 7.93. The van der Waals surface area contributed by atoms with E-state index >= 15 is 0 Å². The molecule has 1 N–H and O–H groups in total. The van der Waals surface area contributed by atoms with E-state index < -0.39 is 14.2 Å². The minimum absolute atomic E-state index is 0.277. The summed E-state index contributed by atoms with van der Waals surface area (Å²) < 4.78 is 23.8. The molecule has 0 aliphatic heterocycles. The van der Waals surface area contributed by atoms with E-state index in [1.807, 2.05) is 21.2 Å². The van der Waals surface area contributed by atoms with E-state index in [1.165, 1.54) is 6.07 Å². The number of ether oxygens (including phenoxy) is 1. The number of nitrogens with zero attached hydrogens (tertiary/aromatic N) is 3. The first-order valence-corrected chi connectivity index (χ1v) is 13.6. The summed E-state index contributed by atoms with van der Waals surface area (Å²) >= 11 is 0. The van der Waals surface area contributed by atoms with Crippen molar-refractivity contribution < 1.29 is 14.2 Å². The quantitative estimate of drug-likeness (QED) is 0.445. The van der Waals surface area contributed by atoms with E-state index in [0.29, 0.717) is 36.3 Å². The number of halogens is 1. The van der Waals surface area contributed by atoms with Crippen molar-refractivity contribution in [2.45, 2.75) is 57.3 Å². The number of fused-ring (bicyclic) bond motifs is 1. The van der Waals surface area contributed by atoms with Crippen LogP contribution in [0.5, 0.6) is 0 Å². The van der Waals surface area contributed by atoms with Crippen molar-refractivity contribution in [3.05, 3.63) is 59.7 Å². The Kier molecular flexibility index (Phi) is 5.16. The Hall–Kier alpha value is -1.96. The molecule has 150 valence electrons. The number of aliphatic hydroxyl groups excluding tert-OH is 1. The first kappa shape index (κ1) is 19.4. The minimum Gasteiger partial charge on any atom is -0.379 e. The molecule has 3 heterocycles. The Morgan fingerprint density at radius 3 is 2.75 bits per heavy atom. The normalized spacial score (nSPS) is 16.0. The van der Waals surface area contributed by atoms with Crippen LogP contribution in [0, 0.1) is 5.82 Å². The molecule has 1 aliphatic rings. The van der Waals surface area contributed by atoms with Crippen molar-refractivity contribution in [1.82, 2.24) is 14.0 Å². The molecule has 0 radical (unpaired) electrons. The molecule has 1 atom stereocenters. The number of hydrogen-bond donors (Lipinski definition) is 1. The summed E-state index contributed by atoms with van der Waals surface area (Å²) in [5.41, 5.74) is 2.20. The van der Waals surface area contributed by atoms with Crippen molar-refractivity contribution in [1.29, 1.82) is 0 Å². The second kappa shape index (κ2) is 7.46. The van der Waals surface area contributed by atoms with Gasteiger partial charge in [0.15, 0.2) is 6.10 Å². The topological polar surface area (TPSA) is 51.7 Å². The average molecular weight is 402 g/mol. The number of hydrogen-bond acceptors (Lipinski definition) is 3. The fourth-order valence-corrected chi connectivity index (χ4v) is 4.26. The van der Waals surface area contributed by atoms with Gasteiger partial charge in [-0.25, -0.2) is 9.37 Å². The maximum Gasteiger partial charge on any atom is 0.152 e. The van der Waals surface area contributed by atoms with Crippen molar-refractivity contribution >= 4 is 13.6 Å². The van der Waals surface area contributed by atoms with Gasteiger partial charge in [0.25, 0.3) is 0 Å². The summed E-state index contributed by atoms with van der Waals surface area (Å²) in [4.78, 5) is 4.36. The third-order valence-corrected chi connectivity index (χ3v) is 7.01. The highest BCUT2D eigenvalue weighted by molar-refractivity contribution is 6.76. The van der Waals surface area contributed by atoms with Crippen LogP contribution in [0.4, 0.5) is 4.39 Å². The number of aromatic nitrogens is 3. The summed E-state index contributed by atoms with van der Waals surface area (Å²) in [7, 11) is -1.14. The summed E-state index contributed by atoms with van der Waals surface area (Å²) in [5.74, 6) is 0.678. The Morgan fingerprint density at radius 1 is 1.25 bits per heavy atom. The van der Waals surface area contributed by atoms with Gasteiger partial charge < -0.3 is 18.8 Å². The van der Waals surface area contributed by atoms with Gasteiger partial charge in [-0.3, -0.25) is 0 Å². The largest absolute Gasteiger partial charge is 0.379 e. The Balaban J connectivity index is 1.59. The number of imidazole rings is 1. The molecule has 3 aromatic rings. The van der Waals surface area contributed by atoms with Gasteiger partial charge in [-0.2, -0.15) is 0 Å². The Labute approximate surface area is 165 Å². The van der Waals surface area contributed by atoms with Crippen LogP contribution in [0.25, 0.3) is 5.52 Å². The van der Waals surface area contributed by atoms with Gasteiger partial charge >= 0.3 is 0 Å². The van der Waals surface area contributed by atoms with Crippen LogP contribution in [0.3, 0.4) is 0 Å². The third-order valence-electron chi connectivity index (χ3n) is 5.31. The van der Waals surface area contributed by atoms with E-state index in [2.05, 4.69) is 24.6 Å². The highest BCUT2D eigenvalue weighted by Gasteiger charge is 2.29. The predicted molar refractivity (Wildman–Crippen MR) is 110 cm³/mol. The molecule has 0 bridgehead atoms. The minimum atomic E-state index is -1.14. The molecule has 0 amide bonds. The number of aliphatic hydroxyl groups is 1. The highest BCUT2D eigenvalue weighted by atomic mass is 28.3. The lowest BCUT2D eigenvalue weighted by atomic mass is 10.2. The van der Waals surface area contributed by atoms with Gasteiger partial charge in [0.1, 0.15) is 18.4 Å². The molecule has 7 heteroatoms. The zero-order chi connectivity index (χ0) is 19.9. The van der Waals surface area contributed by atoms with E-state index in [-0.39, 0.29) is 5.82 Å². The fourth-order valence-electron chi connectivity index (χ4n) is 3.51. The second-order valence-corrected chi connectivity index (χ2v) is 14.5. The van der Waals surface area contributed by atoms with Gasteiger partial charge in [-0.15, -0.1) is 0 Å². The van der Waals surface area contributed by atoms with Crippen molar-refractivity contribution in [2.75, 3.05) is 6.61 Å². The molecule has 0 spiro atoms. The zero-order valence-corrected chi connectivity index (χ0v) is 17.7. The molecule has 1 aliphatic carbocycles. The highest BCUT2D eigenvalue weighted by Crippen LogP contribution is 2.42. The van der Waals surface area contributed by atoms with Crippen molar-refractivity contribution in [3.63, 3.8) is 0 Å². The molecule has 0 saturated heterocycles. The molecule has 5 nitrogen and oxygen atoms in total. The lowest BCUT2D eigenvalue weighted by Crippen LogP contribution is -2.22. The second-order valence-electron chi connectivity index (χ2n) is 8.87. The van der Waals surface area contributed by atoms with Gasteiger partial charge in [-0.05, 0) is 49.1 Å². The number of pyridine rings is 1. The molecule has 1 saturated carbocycles. The predicted octanol–water partition coefficient (Wildman–Crippen LogP) is 4.55. The van der Waals surface area contributed by atoms with Crippen LogP contribution in [0.15, 0.2) is 36.7 Å². The first-order chi connectivity index (χ1) is 13.3. The van der Waals surface area contributed by atoms with Gasteiger partial charge in [-0.1, -0.05) is 19.6 Å². The summed E-state index contributed by atoms with van der Waals surface area (Å²) in [5, 5.41) is 11.1. The third kappa shape index (κ3) is 3.92. The lowest BCUT2D eigenvalue weighted by Gasteiger charge is -2.18. The van der Waals surface area contributed by atoms with Crippen molar-refractivity contribution in [2.24, 2.45) is 0 Å². The van der Waals surface area contributed by atoms with Crippen LogP contribution in [-0.4, -0.2) is 33.7 Å². The monoisotopic (exact) mass is 401 g/mol. The molecule has 0 aromatic carbocycles. The maximum atomic E-state index is 14.3. The van der Waals surface area contributed by atoms with Gasteiger partial charge in [0.05, 0.1) is 11.2 Å². The molecule has 1 unspecified atom stereocenters. The fraction of sp³-hybridized carbons (Fsp3) is 0.476. The Morgan fingerprint density at radius 2 is 2.04 bits per heavy atom. The van der Waals surface area contributed by atoms with Crippen LogP contribution in [0.2, 0.25) is 25.7 Å². The van der Waals surface area contributed by atoms with E-state index in [1.54, 1.807) is 18.3 Å². The summed E-state index contributed by atoms with van der Waals surface area (Å²) in [6.45, 7) is 8.00. The van der Waals surface area contributed by atoms with Crippen LogP contribution in [0.1, 0.15) is 42.1 Å². The molecule has 4 rings (SSSR count). The zero-order valence-electron chi connectivity index (χ0n) is 16.7. The molecular formula is C21H28FN3O2Si. The lowest BCUT2D eigenvalue weighted by molar-refractivity contribution is 0.0782. The van der Waals surface area contributed by atoms with E-state index in [0.717, 1.165) is 24.6 Å². The maximum absolute atomic E-state index is 14.3. The van der Waals surface area contributed by atoms with Crippen LogP contribution < -0.4 is 0 Å². The molecule has 1 fully saturated rings. The smallest absolute Gasteiger partial charge is 0.152 e. The Bertz CT molecular complexity index is 972. The van der Waals surface area contributed by atoms with E-state index in [9.17, 15) is 9.50 Å². The van der Waals surface area contributed by atoms with Crippen LogP contribution in [-0.2, 0) is 11.5 Å². The first-order valence-electron chi connectivity index (χ1n) is 9.92. The average Bonchev–Trinajstić information content (AvgIpc) is 3.20. The number of rotatable bonds is 8. The van der Waals surface area contributed by atoms with E-state index in [4.69, 9.17) is 4.74 Å². The molecule has 3 aromatic heterocycles. The SMILES string of the molecule is C[Si](C)(C)CCOCn1ccnc1C(O)c1ccc(F)c2ccc(C3CC3)n12. The van der Waals surface area contributed by atoms with Gasteiger partial charge in [0.2, 0.25) is 0 Å². The summed E-state index contributed by atoms with van der Waals surface area (Å²) in [6.07, 6.45) is 4.74. The van der Waals surface area contributed by atoms with Gasteiger partial charge in [0, 0.05) is 32.8 Å². The van der Waals surface area contributed by atoms with Crippen LogP contribution >= 0.6 is 0 Å². The van der Waals surface area contributed by atoms with Crippen molar-refractivity contribution in [3.8, 4) is 0 Å².